The van der Waals surface area contributed by atoms with Gasteiger partial charge in [-0.15, -0.1) is 0 Å². The van der Waals surface area contributed by atoms with Crippen molar-refractivity contribution in [3.8, 4) is 0 Å². The van der Waals surface area contributed by atoms with E-state index in [1.165, 1.54) is 11.8 Å². The van der Waals surface area contributed by atoms with Crippen LogP contribution in [-0.4, -0.2) is 63.3 Å². The number of carbonyl (C=O) groups excluding carboxylic acids is 1. The smallest absolute Gasteiger partial charge is 0.276 e. The van der Waals surface area contributed by atoms with Gasteiger partial charge in [0, 0.05) is 45.5 Å². The van der Waals surface area contributed by atoms with Gasteiger partial charge < -0.3 is 9.32 Å². The van der Waals surface area contributed by atoms with Crippen molar-refractivity contribution in [1.82, 2.24) is 24.7 Å². The number of benzene rings is 1. The van der Waals surface area contributed by atoms with Crippen LogP contribution in [-0.2, 0) is 13.1 Å². The summed E-state index contributed by atoms with van der Waals surface area (Å²) in [6.45, 7) is 6.31. The van der Waals surface area contributed by atoms with Crippen molar-refractivity contribution >= 4 is 5.91 Å². The molecule has 1 atom stereocenters. The monoisotopic (exact) mass is 445 g/mol. The summed E-state index contributed by atoms with van der Waals surface area (Å²) in [4.78, 5) is 29.1. The molecule has 3 aromatic rings. The van der Waals surface area contributed by atoms with Gasteiger partial charge in [0.1, 0.15) is 6.26 Å². The third-order valence-corrected chi connectivity index (χ3v) is 6.64. The van der Waals surface area contributed by atoms with Crippen molar-refractivity contribution in [3.63, 3.8) is 0 Å². The van der Waals surface area contributed by atoms with Crippen LogP contribution >= 0.6 is 0 Å². The number of pyridine rings is 1. The molecule has 0 aliphatic carbocycles. The minimum absolute atomic E-state index is 0.00490. The zero-order valence-corrected chi connectivity index (χ0v) is 19.0. The maximum Gasteiger partial charge on any atom is 0.276 e. The first-order chi connectivity index (χ1) is 16.3. The third kappa shape index (κ3) is 5.31. The number of likely N-dealkylation sites (tertiary alicyclic amines) is 1. The Labute approximate surface area is 195 Å². The Morgan fingerprint density at radius 1 is 0.909 bits per heavy atom. The van der Waals surface area contributed by atoms with Gasteiger partial charge in [-0.05, 0) is 37.0 Å². The van der Waals surface area contributed by atoms with Gasteiger partial charge in [-0.2, -0.15) is 0 Å². The maximum absolute atomic E-state index is 13.3. The predicted octanol–water partition coefficient (Wildman–Crippen LogP) is 3.75. The molecule has 0 bridgehead atoms. The van der Waals surface area contributed by atoms with E-state index in [1.807, 2.05) is 23.1 Å². The first-order valence-electron chi connectivity index (χ1n) is 11.9. The van der Waals surface area contributed by atoms with E-state index < -0.39 is 0 Å². The number of piperidine rings is 1. The van der Waals surface area contributed by atoms with Crippen LogP contribution in [0.15, 0.2) is 65.4 Å². The number of rotatable bonds is 6. The summed E-state index contributed by atoms with van der Waals surface area (Å²) < 4.78 is 5.71. The fourth-order valence-corrected chi connectivity index (χ4v) is 4.82. The molecule has 4 heterocycles. The fraction of sp³-hybridized carbons (Fsp3) is 0.423. The molecule has 33 heavy (non-hydrogen) atoms. The molecule has 0 spiro atoms. The summed E-state index contributed by atoms with van der Waals surface area (Å²) in [7, 11) is 0. The van der Waals surface area contributed by atoms with Gasteiger partial charge >= 0.3 is 0 Å². The highest BCUT2D eigenvalue weighted by Crippen LogP contribution is 2.30. The normalized spacial score (nSPS) is 20.1. The van der Waals surface area contributed by atoms with Gasteiger partial charge in [-0.25, -0.2) is 4.98 Å². The zero-order valence-electron chi connectivity index (χ0n) is 19.0. The van der Waals surface area contributed by atoms with Crippen LogP contribution in [0, 0.1) is 0 Å². The van der Waals surface area contributed by atoms with Crippen LogP contribution in [0.2, 0.25) is 0 Å². The van der Waals surface area contributed by atoms with Gasteiger partial charge in [0.15, 0.2) is 5.69 Å². The van der Waals surface area contributed by atoms with E-state index in [2.05, 4.69) is 50.1 Å². The topological polar surface area (TPSA) is 65.7 Å². The van der Waals surface area contributed by atoms with Crippen molar-refractivity contribution in [3.05, 3.63) is 83.8 Å². The van der Waals surface area contributed by atoms with Gasteiger partial charge in [0.25, 0.3) is 5.91 Å². The molecule has 2 aliphatic heterocycles. The first kappa shape index (κ1) is 21.8. The SMILES string of the molecule is O=C(c1coc(CN2CCN(Cc3ccccc3)CC2)n1)N1CCCCC1c1ccccn1. The second kappa shape index (κ2) is 10.3. The largest absolute Gasteiger partial charge is 0.447 e. The van der Waals surface area contributed by atoms with E-state index in [9.17, 15) is 4.79 Å². The van der Waals surface area contributed by atoms with Crippen molar-refractivity contribution in [2.45, 2.75) is 38.4 Å². The summed E-state index contributed by atoms with van der Waals surface area (Å²) >= 11 is 0. The molecular weight excluding hydrogens is 414 g/mol. The van der Waals surface area contributed by atoms with E-state index in [-0.39, 0.29) is 11.9 Å². The van der Waals surface area contributed by atoms with Crippen LogP contribution in [0.4, 0.5) is 0 Å². The summed E-state index contributed by atoms with van der Waals surface area (Å²) in [6.07, 6.45) is 6.35. The van der Waals surface area contributed by atoms with Crippen LogP contribution < -0.4 is 0 Å². The number of aromatic nitrogens is 2. The fourth-order valence-electron chi connectivity index (χ4n) is 4.82. The van der Waals surface area contributed by atoms with E-state index in [0.29, 0.717) is 18.1 Å². The quantitative estimate of drug-likeness (QED) is 0.576. The molecule has 0 N–H and O–H groups in total. The molecule has 2 aromatic heterocycles. The predicted molar refractivity (Wildman–Crippen MR) is 125 cm³/mol. The van der Waals surface area contributed by atoms with E-state index in [4.69, 9.17) is 4.42 Å². The standard InChI is InChI=1S/C26H31N5O2/c32-26(31-13-7-5-11-24(31)22-10-4-6-12-27-22)23-20-33-25(28-23)19-30-16-14-29(15-17-30)18-21-8-2-1-3-9-21/h1-4,6,8-10,12,20,24H,5,7,11,13-19H2. The van der Waals surface area contributed by atoms with Crippen LogP contribution in [0.1, 0.15) is 52.9 Å². The Bertz CT molecular complexity index is 1030. The highest BCUT2D eigenvalue weighted by Gasteiger charge is 2.31. The maximum atomic E-state index is 13.3. The van der Waals surface area contributed by atoms with Crippen molar-refractivity contribution in [2.75, 3.05) is 32.7 Å². The molecule has 1 amide bonds. The number of oxazole rings is 1. The Morgan fingerprint density at radius 3 is 2.42 bits per heavy atom. The lowest BCUT2D eigenvalue weighted by molar-refractivity contribution is 0.0599. The molecule has 0 saturated carbocycles. The summed E-state index contributed by atoms with van der Waals surface area (Å²) in [6, 6.07) is 16.5. The third-order valence-electron chi connectivity index (χ3n) is 6.64. The van der Waals surface area contributed by atoms with Crippen LogP contribution in [0.3, 0.4) is 0 Å². The Morgan fingerprint density at radius 2 is 1.67 bits per heavy atom. The number of hydrogen-bond donors (Lipinski definition) is 0. The molecule has 1 unspecified atom stereocenters. The number of hydrogen-bond acceptors (Lipinski definition) is 6. The van der Waals surface area contributed by atoms with Crippen molar-refractivity contribution in [2.24, 2.45) is 0 Å². The van der Waals surface area contributed by atoms with E-state index in [0.717, 1.165) is 64.2 Å². The second-order valence-corrected chi connectivity index (χ2v) is 8.93. The highest BCUT2D eigenvalue weighted by atomic mass is 16.3. The molecule has 0 radical (unpaired) electrons. The number of carbonyl (C=O) groups is 1. The summed E-state index contributed by atoms with van der Waals surface area (Å²) in [5.74, 6) is 0.550. The number of piperazine rings is 1. The lowest BCUT2D eigenvalue weighted by Crippen LogP contribution is -2.45. The first-order valence-corrected chi connectivity index (χ1v) is 11.9. The Hall–Kier alpha value is -3.03. The average molecular weight is 446 g/mol. The molecule has 172 valence electrons. The molecule has 7 nitrogen and oxygen atoms in total. The molecule has 1 aromatic carbocycles. The highest BCUT2D eigenvalue weighted by molar-refractivity contribution is 5.92. The van der Waals surface area contributed by atoms with E-state index in [1.54, 1.807) is 6.20 Å². The minimum Gasteiger partial charge on any atom is -0.447 e. The Balaban J connectivity index is 1.17. The average Bonchev–Trinajstić information content (AvgIpc) is 3.34. The molecule has 7 heteroatoms. The van der Waals surface area contributed by atoms with Gasteiger partial charge in [0.2, 0.25) is 5.89 Å². The number of amides is 1. The summed E-state index contributed by atoms with van der Waals surface area (Å²) in [5.41, 5.74) is 2.70. The number of nitrogens with zero attached hydrogens (tertiary/aromatic N) is 5. The van der Waals surface area contributed by atoms with Crippen LogP contribution in [0.5, 0.6) is 0 Å². The van der Waals surface area contributed by atoms with Gasteiger partial charge in [0.05, 0.1) is 18.3 Å². The second-order valence-electron chi connectivity index (χ2n) is 8.93. The summed E-state index contributed by atoms with van der Waals surface area (Å²) in [5, 5.41) is 0. The van der Waals surface area contributed by atoms with Crippen LogP contribution in [0.25, 0.3) is 0 Å². The van der Waals surface area contributed by atoms with Gasteiger partial charge in [-0.3, -0.25) is 19.6 Å². The van der Waals surface area contributed by atoms with E-state index >= 15 is 0 Å². The molecule has 5 rings (SSSR count). The molecule has 2 aliphatic rings. The Kier molecular flexibility index (Phi) is 6.79. The lowest BCUT2D eigenvalue weighted by atomic mass is 9.98. The lowest BCUT2D eigenvalue weighted by Gasteiger charge is -2.35. The molecule has 2 fully saturated rings. The zero-order chi connectivity index (χ0) is 22.5. The van der Waals surface area contributed by atoms with Gasteiger partial charge in [-0.1, -0.05) is 36.4 Å². The molecule has 2 saturated heterocycles. The van der Waals surface area contributed by atoms with Crippen molar-refractivity contribution in [1.29, 1.82) is 0 Å². The molecular formula is C26H31N5O2. The minimum atomic E-state index is -0.0620. The van der Waals surface area contributed by atoms with Crippen molar-refractivity contribution < 1.29 is 9.21 Å².